The second-order valence-corrected chi connectivity index (χ2v) is 9.91. The zero-order valence-electron chi connectivity index (χ0n) is 23.1. The number of carboxylic acids is 2. The van der Waals surface area contributed by atoms with Crippen LogP contribution in [0.4, 0.5) is 0 Å². The summed E-state index contributed by atoms with van der Waals surface area (Å²) in [5, 5.41) is 28.8. The van der Waals surface area contributed by atoms with Gasteiger partial charge in [0.2, 0.25) is 0 Å². The number of ether oxygens (including phenoxy) is 2. The van der Waals surface area contributed by atoms with Crippen molar-refractivity contribution in [2.45, 2.75) is 30.8 Å². The number of carbonyl (C=O) groups excluding carboxylic acids is 1. The van der Waals surface area contributed by atoms with Crippen LogP contribution in [-0.4, -0.2) is 71.0 Å². The molecule has 0 radical (unpaired) electrons. The minimum Gasteiger partial charge on any atom is -0.492 e. The number of rotatable bonds is 15. The molecule has 3 N–H and O–H groups in total. The van der Waals surface area contributed by atoms with E-state index < -0.39 is 36.4 Å². The van der Waals surface area contributed by atoms with Gasteiger partial charge in [0, 0.05) is 18.0 Å². The fourth-order valence-electron chi connectivity index (χ4n) is 4.20. The Morgan fingerprint density at radius 1 is 0.854 bits per heavy atom. The molecule has 0 aliphatic carbocycles. The lowest BCUT2D eigenvalue weighted by atomic mass is 9.88. The van der Waals surface area contributed by atoms with Crippen LogP contribution >= 0.6 is 0 Å². The molecule has 0 spiro atoms. The first-order valence-electron chi connectivity index (χ1n) is 13.1. The molecule has 216 valence electrons. The topological polar surface area (TPSA) is 134 Å². The average molecular weight is 562 g/mol. The largest absolute Gasteiger partial charge is 0.492 e. The summed E-state index contributed by atoms with van der Waals surface area (Å²) in [6.45, 7) is 1.21. The van der Waals surface area contributed by atoms with Crippen LogP contribution in [0.3, 0.4) is 0 Å². The molecule has 0 heterocycles. The summed E-state index contributed by atoms with van der Waals surface area (Å²) < 4.78 is 11.3. The molecule has 0 aliphatic rings. The normalized spacial score (nSPS) is 13.0. The number of esters is 1. The van der Waals surface area contributed by atoms with Gasteiger partial charge in [0.15, 0.2) is 5.60 Å². The van der Waals surface area contributed by atoms with Crippen molar-refractivity contribution in [2.24, 2.45) is 0 Å². The lowest BCUT2D eigenvalue weighted by Crippen LogP contribution is -2.43. The van der Waals surface area contributed by atoms with Gasteiger partial charge in [0.05, 0.1) is 12.8 Å². The van der Waals surface area contributed by atoms with Crippen molar-refractivity contribution in [3.8, 4) is 5.75 Å². The highest BCUT2D eigenvalue weighted by Gasteiger charge is 2.41. The Kier molecular flexibility index (Phi) is 11.2. The standard InChI is InChI=1S/C32H35NO8/c1-33(2)19-20-40-26-15-13-25(14-16-26)28(41-30(36)22-32(39,31(37)38)21-29(34)35)18-17-27(23-9-5-3-6-10-23)24-11-7-4-8-12-24/h3-16,18,27,39H,17,19-22H2,1-2H3,(H,34,35)(H,37,38). The summed E-state index contributed by atoms with van der Waals surface area (Å²) in [5.41, 5.74) is -0.191. The quantitative estimate of drug-likeness (QED) is 0.182. The number of carbonyl (C=O) groups is 3. The molecule has 1 unspecified atom stereocenters. The summed E-state index contributed by atoms with van der Waals surface area (Å²) in [4.78, 5) is 37.6. The van der Waals surface area contributed by atoms with Crippen molar-refractivity contribution in [1.29, 1.82) is 0 Å². The minimum atomic E-state index is -2.81. The van der Waals surface area contributed by atoms with E-state index in [-0.39, 0.29) is 11.7 Å². The molecule has 0 saturated carbocycles. The average Bonchev–Trinajstić information content (AvgIpc) is 2.93. The third kappa shape index (κ3) is 9.59. The van der Waals surface area contributed by atoms with E-state index in [1.807, 2.05) is 79.7 Å². The highest BCUT2D eigenvalue weighted by atomic mass is 16.5. The van der Waals surface area contributed by atoms with Gasteiger partial charge in [-0.1, -0.05) is 60.7 Å². The van der Waals surface area contributed by atoms with E-state index >= 15 is 0 Å². The van der Waals surface area contributed by atoms with Gasteiger partial charge < -0.3 is 29.7 Å². The zero-order valence-corrected chi connectivity index (χ0v) is 23.1. The molecule has 9 nitrogen and oxygen atoms in total. The summed E-state index contributed by atoms with van der Waals surface area (Å²) in [6.07, 6.45) is -0.0321. The second kappa shape index (κ2) is 14.8. The smallest absolute Gasteiger partial charge is 0.336 e. The zero-order chi connectivity index (χ0) is 29.8. The lowest BCUT2D eigenvalue weighted by molar-refractivity contribution is -0.170. The number of nitrogens with zero attached hydrogens (tertiary/aromatic N) is 1. The fourth-order valence-corrected chi connectivity index (χ4v) is 4.20. The highest BCUT2D eigenvalue weighted by molar-refractivity contribution is 5.90. The third-order valence-corrected chi connectivity index (χ3v) is 6.39. The number of hydrogen-bond donors (Lipinski definition) is 3. The van der Waals surface area contributed by atoms with Crippen molar-refractivity contribution >= 4 is 23.7 Å². The Bertz CT molecular complexity index is 1280. The molecular weight excluding hydrogens is 526 g/mol. The molecule has 3 aromatic rings. The summed E-state index contributed by atoms with van der Waals surface area (Å²) in [5.74, 6) is -3.77. The molecule has 0 aromatic heterocycles. The first-order valence-corrected chi connectivity index (χ1v) is 13.1. The van der Waals surface area contributed by atoms with Gasteiger partial charge in [0.1, 0.15) is 18.1 Å². The molecular formula is C32H35NO8. The Morgan fingerprint density at radius 3 is 1.90 bits per heavy atom. The van der Waals surface area contributed by atoms with Gasteiger partial charge in [-0.05, 0) is 62.0 Å². The number of hydrogen-bond acceptors (Lipinski definition) is 7. The molecule has 41 heavy (non-hydrogen) atoms. The second-order valence-electron chi connectivity index (χ2n) is 9.91. The molecule has 9 heteroatoms. The van der Waals surface area contributed by atoms with Crippen LogP contribution in [0, 0.1) is 0 Å². The summed E-state index contributed by atoms with van der Waals surface area (Å²) in [6, 6.07) is 26.6. The van der Waals surface area contributed by atoms with E-state index in [1.54, 1.807) is 30.3 Å². The highest BCUT2D eigenvalue weighted by Crippen LogP contribution is 2.31. The number of likely N-dealkylation sites (N-methyl/N-ethyl adjacent to an activating group) is 1. The van der Waals surface area contributed by atoms with Crippen molar-refractivity contribution in [1.82, 2.24) is 4.90 Å². The SMILES string of the molecule is CN(C)CCOc1ccc(C(=CCC(c2ccccc2)c2ccccc2)OC(=O)CC(O)(CC(=O)O)C(=O)O)cc1. The monoisotopic (exact) mass is 561 g/mol. The maximum Gasteiger partial charge on any atom is 0.336 e. The number of allylic oxidation sites excluding steroid dienone is 1. The fraction of sp³-hybridized carbons (Fsp3) is 0.281. The van der Waals surface area contributed by atoms with Crippen LogP contribution < -0.4 is 4.74 Å². The molecule has 0 amide bonds. The minimum absolute atomic E-state index is 0.0808. The van der Waals surface area contributed by atoms with Gasteiger partial charge in [-0.3, -0.25) is 9.59 Å². The maximum absolute atomic E-state index is 12.9. The predicted octanol–water partition coefficient (Wildman–Crippen LogP) is 4.41. The van der Waals surface area contributed by atoms with Crippen LogP contribution in [-0.2, 0) is 19.1 Å². The van der Waals surface area contributed by atoms with Crippen LogP contribution in [0.5, 0.6) is 5.75 Å². The third-order valence-electron chi connectivity index (χ3n) is 6.39. The first kappa shape index (κ1) is 31.1. The Balaban J connectivity index is 1.92. The Morgan fingerprint density at radius 2 is 1.41 bits per heavy atom. The van der Waals surface area contributed by atoms with Gasteiger partial charge in [0.25, 0.3) is 0 Å². The first-order chi connectivity index (χ1) is 19.6. The molecule has 1 atom stereocenters. The number of aliphatic hydroxyl groups is 1. The molecule has 0 saturated heterocycles. The van der Waals surface area contributed by atoms with Crippen molar-refractivity contribution in [3.05, 3.63) is 108 Å². The maximum atomic E-state index is 12.9. The predicted molar refractivity (Wildman–Crippen MR) is 153 cm³/mol. The summed E-state index contributed by atoms with van der Waals surface area (Å²) in [7, 11) is 3.88. The van der Waals surface area contributed by atoms with E-state index in [2.05, 4.69) is 0 Å². The van der Waals surface area contributed by atoms with Gasteiger partial charge in [-0.2, -0.15) is 0 Å². The molecule has 0 bridgehead atoms. The van der Waals surface area contributed by atoms with E-state index in [4.69, 9.17) is 14.6 Å². The Hall–Kier alpha value is -4.47. The van der Waals surface area contributed by atoms with Crippen LogP contribution in [0.25, 0.3) is 5.76 Å². The number of carboxylic acid groups (broad SMARTS) is 2. The summed E-state index contributed by atoms with van der Waals surface area (Å²) >= 11 is 0. The van der Waals surface area contributed by atoms with Crippen molar-refractivity contribution < 1.29 is 39.2 Å². The van der Waals surface area contributed by atoms with Crippen molar-refractivity contribution in [2.75, 3.05) is 27.2 Å². The van der Waals surface area contributed by atoms with Crippen LogP contribution in [0.2, 0.25) is 0 Å². The lowest BCUT2D eigenvalue weighted by Gasteiger charge is -2.21. The van der Waals surface area contributed by atoms with Crippen LogP contribution in [0.1, 0.15) is 41.9 Å². The van der Waals surface area contributed by atoms with Crippen molar-refractivity contribution in [3.63, 3.8) is 0 Å². The van der Waals surface area contributed by atoms with E-state index in [0.29, 0.717) is 24.3 Å². The van der Waals surface area contributed by atoms with Gasteiger partial charge >= 0.3 is 17.9 Å². The molecule has 0 fully saturated rings. The molecule has 0 aliphatic heterocycles. The van der Waals surface area contributed by atoms with Gasteiger partial charge in [-0.15, -0.1) is 0 Å². The number of benzene rings is 3. The van der Waals surface area contributed by atoms with E-state index in [1.165, 1.54) is 0 Å². The van der Waals surface area contributed by atoms with E-state index in [0.717, 1.165) is 17.7 Å². The van der Waals surface area contributed by atoms with Gasteiger partial charge in [-0.25, -0.2) is 4.79 Å². The van der Waals surface area contributed by atoms with E-state index in [9.17, 15) is 24.6 Å². The Labute approximate surface area is 239 Å². The molecule has 3 aromatic carbocycles. The van der Waals surface area contributed by atoms with Crippen LogP contribution in [0.15, 0.2) is 91.0 Å². The number of aliphatic carboxylic acids is 2. The molecule has 3 rings (SSSR count).